The lowest BCUT2D eigenvalue weighted by atomic mass is 9.84. The second kappa shape index (κ2) is 10.6. The minimum absolute atomic E-state index is 1.02. The monoisotopic (exact) mass is 474 g/mol. The standard InChI is InChI=1S/C16H26O16/c1-4(18)12(25)32-31-5(19)2-16(3-17)11(7(21)9(23)14(27)30-16)28-15-10(24)6(20)8(22)13(26)29-15/h4,6-11,13-15,17-18,20-24,26-27H,2-3H2,1H3/t4?,6-,7-,8-,9+,10+,11-,13-,14+,15+,16+/m0/s1. The van der Waals surface area contributed by atoms with E-state index in [1.807, 2.05) is 0 Å². The molecular formula is C16H26O16. The van der Waals surface area contributed by atoms with E-state index in [0.29, 0.717) is 0 Å². The van der Waals surface area contributed by atoms with Gasteiger partial charge in [0.1, 0.15) is 42.2 Å². The molecule has 0 aromatic rings. The summed E-state index contributed by atoms with van der Waals surface area (Å²) in [6.07, 6.45) is -21.0. The molecule has 2 heterocycles. The van der Waals surface area contributed by atoms with Gasteiger partial charge in [-0.05, 0) is 6.92 Å². The van der Waals surface area contributed by atoms with Gasteiger partial charge in [-0.15, -0.1) is 0 Å². The summed E-state index contributed by atoms with van der Waals surface area (Å²) in [6.45, 7) is -0.169. The quantitative estimate of drug-likeness (QED) is 0.128. The van der Waals surface area contributed by atoms with Gasteiger partial charge in [0.15, 0.2) is 25.0 Å². The van der Waals surface area contributed by atoms with Crippen LogP contribution in [-0.4, -0.2) is 132 Å². The van der Waals surface area contributed by atoms with E-state index in [-0.39, 0.29) is 0 Å². The van der Waals surface area contributed by atoms with Crippen molar-refractivity contribution in [2.24, 2.45) is 0 Å². The lowest BCUT2D eigenvalue weighted by Gasteiger charge is -2.49. The number of hydrogen-bond acceptors (Lipinski definition) is 16. The molecule has 0 amide bonds. The average Bonchev–Trinajstić information content (AvgIpc) is 2.74. The van der Waals surface area contributed by atoms with Crippen molar-refractivity contribution < 1.29 is 79.5 Å². The molecule has 16 nitrogen and oxygen atoms in total. The van der Waals surface area contributed by atoms with E-state index in [1.165, 1.54) is 0 Å². The number of aliphatic hydroxyl groups excluding tert-OH is 9. The fraction of sp³-hybridized carbons (Fsp3) is 0.875. The van der Waals surface area contributed by atoms with Crippen LogP contribution in [0, 0.1) is 0 Å². The van der Waals surface area contributed by atoms with Crippen LogP contribution in [0.3, 0.4) is 0 Å². The largest absolute Gasteiger partial charge is 0.393 e. The van der Waals surface area contributed by atoms with Gasteiger partial charge in [0.2, 0.25) is 0 Å². The first-order valence-corrected chi connectivity index (χ1v) is 9.30. The van der Waals surface area contributed by atoms with Crippen LogP contribution in [0.4, 0.5) is 0 Å². The Balaban J connectivity index is 2.25. The summed E-state index contributed by atoms with van der Waals surface area (Å²) in [7, 11) is 0. The average molecular weight is 474 g/mol. The SMILES string of the molecule is CC(O)C(=O)OOC(=O)C[C@]1(CO)O[C@@H](O)[C@H](O)[C@H](O)[C@@H]1O[C@@H]1O[C@H](O)[C@@H](O)[C@H](O)[C@H]1O. The van der Waals surface area contributed by atoms with Crippen molar-refractivity contribution in [3.8, 4) is 0 Å². The number of carbonyl (C=O) groups is 2. The van der Waals surface area contributed by atoms with Crippen LogP contribution in [0.5, 0.6) is 0 Å². The van der Waals surface area contributed by atoms with E-state index >= 15 is 0 Å². The molecule has 0 radical (unpaired) electrons. The van der Waals surface area contributed by atoms with Crippen molar-refractivity contribution in [2.45, 2.75) is 80.5 Å². The van der Waals surface area contributed by atoms with Crippen molar-refractivity contribution in [2.75, 3.05) is 6.61 Å². The zero-order valence-electron chi connectivity index (χ0n) is 16.6. The predicted molar refractivity (Wildman–Crippen MR) is 91.2 cm³/mol. The molecule has 0 aliphatic carbocycles. The molecular weight excluding hydrogens is 448 g/mol. The highest BCUT2D eigenvalue weighted by Crippen LogP contribution is 2.36. The Labute approximate surface area is 179 Å². The molecule has 11 atom stereocenters. The lowest BCUT2D eigenvalue weighted by Crippen LogP contribution is -2.69. The third kappa shape index (κ3) is 5.50. The summed E-state index contributed by atoms with van der Waals surface area (Å²) in [5, 5.41) is 88.0. The minimum Gasteiger partial charge on any atom is -0.393 e. The highest BCUT2D eigenvalue weighted by Gasteiger charge is 2.58. The number of ether oxygens (including phenoxy) is 3. The number of rotatable bonds is 6. The van der Waals surface area contributed by atoms with Crippen LogP contribution in [0.25, 0.3) is 0 Å². The molecule has 0 aromatic heterocycles. The van der Waals surface area contributed by atoms with Crippen LogP contribution in [0.2, 0.25) is 0 Å². The van der Waals surface area contributed by atoms with Crippen LogP contribution in [0.1, 0.15) is 13.3 Å². The topological polar surface area (TPSA) is 262 Å². The van der Waals surface area contributed by atoms with E-state index < -0.39 is 92.2 Å². The first-order valence-electron chi connectivity index (χ1n) is 9.30. The smallest absolute Gasteiger partial charge is 0.383 e. The maximum atomic E-state index is 12.1. The lowest BCUT2D eigenvalue weighted by molar-refractivity contribution is -0.392. The second-order valence-corrected chi connectivity index (χ2v) is 7.35. The number of aliphatic hydroxyl groups is 9. The molecule has 2 aliphatic heterocycles. The van der Waals surface area contributed by atoms with Gasteiger partial charge in [0.05, 0.1) is 13.0 Å². The van der Waals surface area contributed by atoms with Crippen molar-refractivity contribution in [3.63, 3.8) is 0 Å². The van der Waals surface area contributed by atoms with E-state index in [2.05, 4.69) is 9.78 Å². The normalized spacial score (nSPS) is 43.4. The number of carbonyl (C=O) groups excluding carboxylic acids is 2. The molecule has 0 aromatic carbocycles. The Bertz CT molecular complexity index is 658. The summed E-state index contributed by atoms with van der Waals surface area (Å²) in [5.74, 6) is -2.76. The zero-order valence-corrected chi connectivity index (χ0v) is 16.6. The Morgan fingerprint density at radius 3 is 2.06 bits per heavy atom. The van der Waals surface area contributed by atoms with E-state index in [0.717, 1.165) is 6.92 Å². The summed E-state index contributed by atoms with van der Waals surface area (Å²) in [4.78, 5) is 31.6. The zero-order chi connectivity index (χ0) is 24.4. The van der Waals surface area contributed by atoms with Crippen LogP contribution < -0.4 is 0 Å². The van der Waals surface area contributed by atoms with Gasteiger partial charge in [-0.2, -0.15) is 0 Å². The van der Waals surface area contributed by atoms with Crippen LogP contribution >= 0.6 is 0 Å². The Morgan fingerprint density at radius 1 is 0.906 bits per heavy atom. The molecule has 2 fully saturated rings. The third-order valence-electron chi connectivity index (χ3n) is 4.92. The fourth-order valence-corrected chi connectivity index (χ4v) is 3.08. The van der Waals surface area contributed by atoms with Gasteiger partial charge < -0.3 is 60.2 Å². The van der Waals surface area contributed by atoms with Crippen molar-refractivity contribution in [1.29, 1.82) is 0 Å². The third-order valence-corrected chi connectivity index (χ3v) is 4.92. The molecule has 32 heavy (non-hydrogen) atoms. The van der Waals surface area contributed by atoms with E-state index in [4.69, 9.17) is 19.3 Å². The maximum absolute atomic E-state index is 12.1. The van der Waals surface area contributed by atoms with Gasteiger partial charge in [-0.25, -0.2) is 19.4 Å². The highest BCUT2D eigenvalue weighted by atomic mass is 17.2. The Kier molecular flexibility index (Phi) is 8.84. The molecule has 0 bridgehead atoms. The van der Waals surface area contributed by atoms with Crippen molar-refractivity contribution >= 4 is 11.9 Å². The molecule has 16 heteroatoms. The van der Waals surface area contributed by atoms with Gasteiger partial charge in [-0.3, -0.25) is 0 Å². The van der Waals surface area contributed by atoms with Gasteiger partial charge in [0, 0.05) is 0 Å². The summed E-state index contributed by atoms with van der Waals surface area (Å²) < 4.78 is 15.1. The molecule has 0 saturated carbocycles. The summed E-state index contributed by atoms with van der Waals surface area (Å²) in [5.41, 5.74) is -2.40. The van der Waals surface area contributed by atoms with Crippen LogP contribution in [-0.2, 0) is 33.6 Å². The van der Waals surface area contributed by atoms with Crippen LogP contribution in [0.15, 0.2) is 0 Å². The van der Waals surface area contributed by atoms with E-state index in [9.17, 15) is 50.4 Å². The first kappa shape index (κ1) is 26.7. The van der Waals surface area contributed by atoms with Gasteiger partial charge >= 0.3 is 11.9 Å². The molecule has 2 aliphatic rings. The molecule has 1 unspecified atom stereocenters. The molecule has 186 valence electrons. The van der Waals surface area contributed by atoms with Crippen molar-refractivity contribution in [3.05, 3.63) is 0 Å². The molecule has 2 saturated heterocycles. The minimum atomic E-state index is -2.40. The maximum Gasteiger partial charge on any atom is 0.383 e. The Morgan fingerprint density at radius 2 is 1.50 bits per heavy atom. The summed E-state index contributed by atoms with van der Waals surface area (Å²) >= 11 is 0. The highest BCUT2D eigenvalue weighted by molar-refractivity contribution is 5.76. The van der Waals surface area contributed by atoms with Gasteiger partial charge in [0.25, 0.3) is 0 Å². The van der Waals surface area contributed by atoms with E-state index in [1.54, 1.807) is 0 Å². The van der Waals surface area contributed by atoms with Gasteiger partial charge in [-0.1, -0.05) is 0 Å². The molecule has 2 rings (SSSR count). The Hall–Kier alpha value is -1.54. The number of hydrogen-bond donors (Lipinski definition) is 9. The van der Waals surface area contributed by atoms with Crippen molar-refractivity contribution in [1.82, 2.24) is 0 Å². The summed E-state index contributed by atoms with van der Waals surface area (Å²) in [6, 6.07) is 0. The molecule has 9 N–H and O–H groups in total. The second-order valence-electron chi connectivity index (χ2n) is 7.35. The first-order chi connectivity index (χ1) is 14.8. The predicted octanol–water partition coefficient (Wildman–Crippen LogP) is -6.30. The molecule has 0 spiro atoms. The fourth-order valence-electron chi connectivity index (χ4n) is 3.08.